The van der Waals surface area contributed by atoms with Crippen molar-refractivity contribution in [2.75, 3.05) is 42.9 Å². The van der Waals surface area contributed by atoms with Gasteiger partial charge >= 0.3 is 0 Å². The quantitative estimate of drug-likeness (QED) is 0.666. The normalized spacial score (nSPS) is 15.5. The Morgan fingerprint density at radius 1 is 1.26 bits per heavy atom. The number of benzene rings is 1. The molecule has 0 spiro atoms. The van der Waals surface area contributed by atoms with E-state index in [1.165, 1.54) is 6.07 Å². The summed E-state index contributed by atoms with van der Waals surface area (Å²) >= 11 is 0. The Balaban J connectivity index is 2.36. The summed E-state index contributed by atoms with van der Waals surface area (Å²) in [5, 5.41) is 13.9. The van der Waals surface area contributed by atoms with E-state index >= 15 is 0 Å². The van der Waals surface area contributed by atoms with Crippen LogP contribution in [-0.2, 0) is 4.79 Å². The molecule has 2 rings (SSSR count). The molecule has 126 valence electrons. The molecule has 1 aliphatic heterocycles. The summed E-state index contributed by atoms with van der Waals surface area (Å²) in [6, 6.07) is 3.03. The summed E-state index contributed by atoms with van der Waals surface area (Å²) in [6.45, 7) is 10.4. The lowest BCUT2D eigenvalue weighted by Gasteiger charge is -2.37. The van der Waals surface area contributed by atoms with Gasteiger partial charge in [-0.15, -0.1) is 0 Å². The van der Waals surface area contributed by atoms with E-state index in [9.17, 15) is 14.9 Å². The molecular formula is C16H24N4O3. The molecule has 0 bridgehead atoms. The number of non-ortho nitro benzene ring substituents is 1. The number of rotatable bonds is 5. The molecule has 0 aliphatic carbocycles. The van der Waals surface area contributed by atoms with E-state index in [1.807, 2.05) is 6.92 Å². The van der Waals surface area contributed by atoms with Crippen LogP contribution >= 0.6 is 0 Å². The highest BCUT2D eigenvalue weighted by Gasteiger charge is 2.23. The van der Waals surface area contributed by atoms with Crippen molar-refractivity contribution in [3.05, 3.63) is 27.8 Å². The molecule has 23 heavy (non-hydrogen) atoms. The Morgan fingerprint density at radius 2 is 1.91 bits per heavy atom. The van der Waals surface area contributed by atoms with E-state index in [4.69, 9.17) is 0 Å². The van der Waals surface area contributed by atoms with Gasteiger partial charge < -0.3 is 15.1 Å². The van der Waals surface area contributed by atoms with Crippen molar-refractivity contribution in [1.82, 2.24) is 4.90 Å². The van der Waals surface area contributed by atoms with Crippen LogP contribution in [0.25, 0.3) is 0 Å². The maximum atomic E-state index is 11.8. The minimum Gasteiger partial charge on any atom is -0.367 e. The van der Waals surface area contributed by atoms with Crippen molar-refractivity contribution in [3.8, 4) is 0 Å². The van der Waals surface area contributed by atoms with Crippen LogP contribution in [0.15, 0.2) is 12.1 Å². The molecule has 0 unspecified atom stereocenters. The molecule has 0 aromatic heterocycles. The molecular weight excluding hydrogens is 296 g/mol. The average molecular weight is 320 g/mol. The molecule has 7 nitrogen and oxygen atoms in total. The Labute approximate surface area is 136 Å². The molecule has 1 N–H and O–H groups in total. The molecule has 0 saturated carbocycles. The number of piperazine rings is 1. The lowest BCUT2D eigenvalue weighted by Crippen LogP contribution is -2.46. The number of hydrogen-bond acceptors (Lipinski definition) is 5. The molecule has 7 heteroatoms. The number of nitro benzene ring substituents is 1. The summed E-state index contributed by atoms with van der Waals surface area (Å²) in [7, 11) is 0. The van der Waals surface area contributed by atoms with E-state index in [1.54, 1.807) is 13.0 Å². The number of aryl methyl sites for hydroxylation is 1. The zero-order valence-corrected chi connectivity index (χ0v) is 14.0. The molecule has 1 aliphatic rings. The summed E-state index contributed by atoms with van der Waals surface area (Å²) < 4.78 is 0. The van der Waals surface area contributed by atoms with E-state index in [-0.39, 0.29) is 11.6 Å². The minimum atomic E-state index is -0.423. The van der Waals surface area contributed by atoms with Gasteiger partial charge in [-0.05, 0) is 19.0 Å². The fourth-order valence-electron chi connectivity index (χ4n) is 2.91. The van der Waals surface area contributed by atoms with Crippen LogP contribution in [0.5, 0.6) is 0 Å². The predicted molar refractivity (Wildman–Crippen MR) is 91.1 cm³/mol. The highest BCUT2D eigenvalue weighted by Crippen LogP contribution is 2.35. The minimum absolute atomic E-state index is 0.00449. The van der Waals surface area contributed by atoms with Crippen LogP contribution in [0.4, 0.5) is 17.1 Å². The van der Waals surface area contributed by atoms with Crippen molar-refractivity contribution in [2.24, 2.45) is 0 Å². The number of nitro groups is 1. The van der Waals surface area contributed by atoms with Crippen LogP contribution in [0.3, 0.4) is 0 Å². The van der Waals surface area contributed by atoms with Crippen molar-refractivity contribution in [1.29, 1.82) is 0 Å². The Hall–Kier alpha value is -2.15. The van der Waals surface area contributed by atoms with E-state index in [0.29, 0.717) is 12.1 Å². The first kappa shape index (κ1) is 17.2. The monoisotopic (exact) mass is 320 g/mol. The zero-order valence-electron chi connectivity index (χ0n) is 14.0. The molecule has 1 amide bonds. The average Bonchev–Trinajstić information content (AvgIpc) is 2.54. The number of carbonyl (C=O) groups excluding carboxylic acids is 1. The topological polar surface area (TPSA) is 78.7 Å². The van der Waals surface area contributed by atoms with Gasteiger partial charge in [-0.1, -0.05) is 13.8 Å². The van der Waals surface area contributed by atoms with Crippen molar-refractivity contribution in [3.63, 3.8) is 0 Å². The second-order valence-corrected chi connectivity index (χ2v) is 5.74. The van der Waals surface area contributed by atoms with Crippen molar-refractivity contribution >= 4 is 23.0 Å². The van der Waals surface area contributed by atoms with Gasteiger partial charge in [0.1, 0.15) is 0 Å². The molecule has 0 radical (unpaired) electrons. The van der Waals surface area contributed by atoms with Gasteiger partial charge in [0.25, 0.3) is 5.69 Å². The number of carbonyl (C=O) groups is 1. The van der Waals surface area contributed by atoms with E-state index < -0.39 is 4.92 Å². The summed E-state index contributed by atoms with van der Waals surface area (Å²) in [4.78, 5) is 27.0. The van der Waals surface area contributed by atoms with Gasteiger partial charge in [0, 0.05) is 44.7 Å². The van der Waals surface area contributed by atoms with Crippen molar-refractivity contribution < 1.29 is 9.72 Å². The van der Waals surface area contributed by atoms with Gasteiger partial charge in [0.15, 0.2) is 0 Å². The van der Waals surface area contributed by atoms with Crippen LogP contribution < -0.4 is 10.2 Å². The third kappa shape index (κ3) is 3.98. The number of likely N-dealkylation sites (N-methyl/N-ethyl adjacent to an activating group) is 1. The van der Waals surface area contributed by atoms with E-state index in [2.05, 4.69) is 22.0 Å². The first-order valence-electron chi connectivity index (χ1n) is 8.02. The highest BCUT2D eigenvalue weighted by molar-refractivity contribution is 5.95. The summed E-state index contributed by atoms with van der Waals surface area (Å²) in [5.74, 6) is -0.140. The molecule has 1 heterocycles. The van der Waals surface area contributed by atoms with E-state index in [0.717, 1.165) is 44.0 Å². The number of amides is 1. The number of nitrogens with zero attached hydrogens (tertiary/aromatic N) is 3. The maximum Gasteiger partial charge on any atom is 0.271 e. The van der Waals surface area contributed by atoms with Gasteiger partial charge in [-0.2, -0.15) is 0 Å². The van der Waals surface area contributed by atoms with Crippen LogP contribution in [-0.4, -0.2) is 48.5 Å². The molecule has 1 aromatic carbocycles. The highest BCUT2D eigenvalue weighted by atomic mass is 16.6. The molecule has 1 aromatic rings. The second kappa shape index (κ2) is 7.41. The van der Waals surface area contributed by atoms with Crippen LogP contribution in [0.2, 0.25) is 0 Å². The Bertz CT molecular complexity index is 595. The SMILES string of the molecule is CCC(=O)Nc1cc([N+](=O)[O-])cc(C)c1N1CCN(CC)CC1. The fourth-order valence-corrected chi connectivity index (χ4v) is 2.91. The predicted octanol–water partition coefficient (Wildman–Crippen LogP) is 2.39. The first-order chi connectivity index (χ1) is 11.0. The number of anilines is 2. The fraction of sp³-hybridized carbons (Fsp3) is 0.562. The zero-order chi connectivity index (χ0) is 17.0. The third-order valence-electron chi connectivity index (χ3n) is 4.23. The lowest BCUT2D eigenvalue weighted by atomic mass is 10.1. The summed E-state index contributed by atoms with van der Waals surface area (Å²) in [6.07, 6.45) is 0.338. The maximum absolute atomic E-state index is 11.8. The standard InChI is InChI=1S/C16H24N4O3/c1-4-15(21)17-14-11-13(20(22)23)10-12(3)16(14)19-8-6-18(5-2)7-9-19/h10-11H,4-9H2,1-3H3,(H,17,21). The first-order valence-corrected chi connectivity index (χ1v) is 8.02. The Kier molecular flexibility index (Phi) is 5.54. The van der Waals surface area contributed by atoms with Gasteiger partial charge in [0.05, 0.1) is 16.3 Å². The molecule has 0 atom stereocenters. The third-order valence-corrected chi connectivity index (χ3v) is 4.23. The van der Waals surface area contributed by atoms with Crippen LogP contribution in [0, 0.1) is 17.0 Å². The smallest absolute Gasteiger partial charge is 0.271 e. The van der Waals surface area contributed by atoms with Crippen molar-refractivity contribution in [2.45, 2.75) is 27.2 Å². The molecule has 1 saturated heterocycles. The summed E-state index contributed by atoms with van der Waals surface area (Å²) in [5.41, 5.74) is 2.25. The Morgan fingerprint density at radius 3 is 2.43 bits per heavy atom. The van der Waals surface area contributed by atoms with Gasteiger partial charge in [-0.3, -0.25) is 14.9 Å². The number of nitrogens with one attached hydrogen (secondary N) is 1. The van der Waals surface area contributed by atoms with Crippen LogP contribution in [0.1, 0.15) is 25.8 Å². The molecule has 1 fully saturated rings. The second-order valence-electron chi connectivity index (χ2n) is 5.74. The van der Waals surface area contributed by atoms with Gasteiger partial charge in [0.2, 0.25) is 5.91 Å². The number of hydrogen-bond donors (Lipinski definition) is 1. The lowest BCUT2D eigenvalue weighted by molar-refractivity contribution is -0.384. The van der Waals surface area contributed by atoms with Gasteiger partial charge in [-0.25, -0.2) is 0 Å². The largest absolute Gasteiger partial charge is 0.367 e.